The number of benzene rings is 1. The first-order valence-electron chi connectivity index (χ1n) is 3.58. The number of primary amides is 1. The fourth-order valence-corrected chi connectivity index (χ4v) is 1.12. The Hall–Kier alpha value is -1.91. The van der Waals surface area contributed by atoms with Crippen LogP contribution in [0.2, 0.25) is 0 Å². The zero-order valence-electron chi connectivity index (χ0n) is 6.98. The third-order valence-electron chi connectivity index (χ3n) is 1.69. The van der Waals surface area contributed by atoms with Crippen molar-refractivity contribution >= 4 is 11.6 Å². The molecular weight excluding hydrogens is 172 g/mol. The molecule has 1 aromatic rings. The second-order valence-corrected chi connectivity index (χ2v) is 2.59. The molecule has 0 aliphatic heterocycles. The van der Waals surface area contributed by atoms with E-state index in [-0.39, 0.29) is 11.3 Å². The van der Waals surface area contributed by atoms with E-state index in [0.717, 1.165) is 0 Å². The van der Waals surface area contributed by atoms with Crippen molar-refractivity contribution in [2.45, 2.75) is 6.92 Å². The molecule has 0 radical (unpaired) electrons. The number of nitro groups is 1. The van der Waals surface area contributed by atoms with Gasteiger partial charge in [-0.2, -0.15) is 0 Å². The lowest BCUT2D eigenvalue weighted by atomic mass is 10.1. The Balaban J connectivity index is 3.43. The number of amides is 1. The molecule has 0 aliphatic carbocycles. The van der Waals surface area contributed by atoms with Crippen molar-refractivity contribution in [1.82, 2.24) is 0 Å². The molecule has 5 heteroatoms. The topological polar surface area (TPSA) is 86.2 Å². The van der Waals surface area contributed by atoms with E-state index in [0.29, 0.717) is 5.56 Å². The first-order chi connectivity index (χ1) is 6.04. The van der Waals surface area contributed by atoms with Gasteiger partial charge in [0.2, 0.25) is 0 Å². The predicted octanol–water partition coefficient (Wildman–Crippen LogP) is 1.00. The maximum absolute atomic E-state index is 10.9. The fourth-order valence-electron chi connectivity index (χ4n) is 1.12. The van der Waals surface area contributed by atoms with Crippen LogP contribution in [0.5, 0.6) is 0 Å². The number of hydrogen-bond acceptors (Lipinski definition) is 3. The fraction of sp³-hybridized carbons (Fsp3) is 0.125. The minimum atomic E-state index is -0.773. The molecule has 0 heterocycles. The molecule has 0 atom stereocenters. The number of aryl methyl sites for hydroxylation is 1. The Kier molecular flexibility index (Phi) is 2.27. The molecule has 0 aromatic heterocycles. The van der Waals surface area contributed by atoms with Crippen molar-refractivity contribution in [2.24, 2.45) is 5.73 Å². The molecule has 68 valence electrons. The summed E-state index contributed by atoms with van der Waals surface area (Å²) in [6.07, 6.45) is 0. The highest BCUT2D eigenvalue weighted by molar-refractivity contribution is 5.98. The minimum Gasteiger partial charge on any atom is -0.365 e. The molecule has 1 amide bonds. The van der Waals surface area contributed by atoms with Gasteiger partial charge in [0.1, 0.15) is 5.56 Å². The molecule has 0 bridgehead atoms. The molecule has 1 rings (SSSR count). The van der Waals surface area contributed by atoms with Gasteiger partial charge in [-0.25, -0.2) is 0 Å². The van der Waals surface area contributed by atoms with Crippen molar-refractivity contribution in [3.63, 3.8) is 0 Å². The largest absolute Gasteiger partial charge is 0.365 e. The molecule has 2 N–H and O–H groups in total. The van der Waals surface area contributed by atoms with Gasteiger partial charge in [-0.15, -0.1) is 0 Å². The van der Waals surface area contributed by atoms with Crippen LogP contribution in [0.4, 0.5) is 5.69 Å². The van der Waals surface area contributed by atoms with E-state index in [1.165, 1.54) is 12.1 Å². The monoisotopic (exact) mass is 180 g/mol. The second kappa shape index (κ2) is 3.22. The zero-order chi connectivity index (χ0) is 10.0. The highest BCUT2D eigenvalue weighted by Crippen LogP contribution is 2.20. The van der Waals surface area contributed by atoms with Crippen LogP contribution in [0.15, 0.2) is 18.2 Å². The first kappa shape index (κ1) is 9.18. The van der Waals surface area contributed by atoms with Crippen LogP contribution in [0.25, 0.3) is 0 Å². The third-order valence-corrected chi connectivity index (χ3v) is 1.69. The van der Waals surface area contributed by atoms with Crippen LogP contribution >= 0.6 is 0 Å². The summed E-state index contributed by atoms with van der Waals surface area (Å²) in [4.78, 5) is 20.7. The quantitative estimate of drug-likeness (QED) is 0.544. The van der Waals surface area contributed by atoms with Gasteiger partial charge in [-0.05, 0) is 12.5 Å². The Morgan fingerprint density at radius 1 is 1.54 bits per heavy atom. The van der Waals surface area contributed by atoms with E-state index in [1.54, 1.807) is 13.0 Å². The molecule has 5 nitrogen and oxygen atoms in total. The summed E-state index contributed by atoms with van der Waals surface area (Å²) >= 11 is 0. The lowest BCUT2D eigenvalue weighted by Gasteiger charge is -2.01. The highest BCUT2D eigenvalue weighted by Gasteiger charge is 2.19. The summed E-state index contributed by atoms with van der Waals surface area (Å²) in [5.41, 5.74) is 5.26. The van der Waals surface area contributed by atoms with Gasteiger partial charge in [-0.3, -0.25) is 14.9 Å². The normalized spacial score (nSPS) is 9.62. The van der Waals surface area contributed by atoms with Gasteiger partial charge in [0.25, 0.3) is 11.6 Å². The maximum atomic E-state index is 10.9. The van der Waals surface area contributed by atoms with Crippen molar-refractivity contribution < 1.29 is 9.72 Å². The van der Waals surface area contributed by atoms with Gasteiger partial charge in [0.05, 0.1) is 4.92 Å². The lowest BCUT2D eigenvalue weighted by molar-refractivity contribution is -0.385. The van der Waals surface area contributed by atoms with Crippen molar-refractivity contribution in [2.75, 3.05) is 0 Å². The van der Waals surface area contributed by atoms with Crippen LogP contribution < -0.4 is 5.73 Å². The van der Waals surface area contributed by atoms with Crippen molar-refractivity contribution in [1.29, 1.82) is 0 Å². The van der Waals surface area contributed by atoms with Gasteiger partial charge in [0, 0.05) is 6.07 Å². The van der Waals surface area contributed by atoms with Crippen LogP contribution in [0.3, 0.4) is 0 Å². The Morgan fingerprint density at radius 3 is 2.54 bits per heavy atom. The molecule has 0 saturated heterocycles. The SMILES string of the molecule is Cc1cccc([N+](=O)[O-])c1C(N)=O. The van der Waals surface area contributed by atoms with E-state index < -0.39 is 10.8 Å². The minimum absolute atomic E-state index is 0.0208. The average Bonchev–Trinajstić information content (AvgIpc) is 2.02. The van der Waals surface area contributed by atoms with Crippen LogP contribution in [-0.4, -0.2) is 10.8 Å². The number of nitro benzene ring substituents is 1. The number of rotatable bonds is 2. The first-order valence-corrected chi connectivity index (χ1v) is 3.58. The van der Waals surface area contributed by atoms with Gasteiger partial charge < -0.3 is 5.73 Å². The summed E-state index contributed by atoms with van der Waals surface area (Å²) in [6.45, 7) is 1.60. The van der Waals surface area contributed by atoms with Crippen LogP contribution in [0.1, 0.15) is 15.9 Å². The average molecular weight is 180 g/mol. The highest BCUT2D eigenvalue weighted by atomic mass is 16.6. The molecule has 0 fully saturated rings. The number of nitrogens with zero attached hydrogens (tertiary/aromatic N) is 1. The van der Waals surface area contributed by atoms with E-state index >= 15 is 0 Å². The molecule has 1 aromatic carbocycles. The third kappa shape index (κ3) is 1.64. The number of hydrogen-bond donors (Lipinski definition) is 1. The summed E-state index contributed by atoms with van der Waals surface area (Å²) in [6, 6.07) is 4.38. The molecule has 0 saturated carbocycles. The number of carbonyl (C=O) groups excluding carboxylic acids is 1. The molecule has 13 heavy (non-hydrogen) atoms. The molecule has 0 aliphatic rings. The zero-order valence-corrected chi connectivity index (χ0v) is 6.98. The van der Waals surface area contributed by atoms with Crippen molar-refractivity contribution in [3.8, 4) is 0 Å². The second-order valence-electron chi connectivity index (χ2n) is 2.59. The molecular formula is C8H8N2O3. The van der Waals surface area contributed by atoms with E-state index in [9.17, 15) is 14.9 Å². The smallest absolute Gasteiger partial charge is 0.282 e. The Bertz CT molecular complexity index is 374. The Morgan fingerprint density at radius 2 is 2.15 bits per heavy atom. The summed E-state index contributed by atoms with van der Waals surface area (Å²) in [7, 11) is 0. The number of nitrogens with two attached hydrogens (primary N) is 1. The molecule has 0 unspecified atom stereocenters. The van der Waals surface area contributed by atoms with E-state index in [2.05, 4.69) is 0 Å². The summed E-state index contributed by atoms with van der Waals surface area (Å²) < 4.78 is 0. The van der Waals surface area contributed by atoms with Crippen molar-refractivity contribution in [3.05, 3.63) is 39.4 Å². The van der Waals surface area contributed by atoms with Gasteiger partial charge >= 0.3 is 0 Å². The predicted molar refractivity (Wildman–Crippen MR) is 46.4 cm³/mol. The maximum Gasteiger partial charge on any atom is 0.282 e. The number of carbonyl (C=O) groups is 1. The van der Waals surface area contributed by atoms with Gasteiger partial charge in [-0.1, -0.05) is 12.1 Å². The summed E-state index contributed by atoms with van der Waals surface area (Å²) in [5, 5.41) is 10.5. The van der Waals surface area contributed by atoms with Crippen LogP contribution in [0, 0.1) is 17.0 Å². The van der Waals surface area contributed by atoms with Crippen LogP contribution in [-0.2, 0) is 0 Å². The van der Waals surface area contributed by atoms with E-state index in [4.69, 9.17) is 5.73 Å². The Labute approximate surface area is 74.3 Å². The standard InChI is InChI=1S/C8H8N2O3/c1-5-3-2-4-6(10(12)13)7(5)8(9)11/h2-4H,1H3,(H2,9,11). The molecule has 0 spiro atoms. The summed E-state index contributed by atoms with van der Waals surface area (Å²) in [5.74, 6) is -0.773. The van der Waals surface area contributed by atoms with E-state index in [1.807, 2.05) is 0 Å². The van der Waals surface area contributed by atoms with Gasteiger partial charge in [0.15, 0.2) is 0 Å². The lowest BCUT2D eigenvalue weighted by Crippen LogP contribution is -2.14.